The second-order valence-corrected chi connectivity index (χ2v) is 2.59. The fraction of sp³-hybridized carbons (Fsp3) is 0.125. The number of hydrogen-bond donors (Lipinski definition) is 2. The Labute approximate surface area is 83.3 Å². The lowest BCUT2D eigenvalue weighted by Gasteiger charge is -2.11. The van der Waals surface area contributed by atoms with Crippen molar-refractivity contribution in [3.8, 4) is 0 Å². The average molecular weight is 215 g/mol. The molecule has 1 amide bonds. The van der Waals surface area contributed by atoms with Crippen molar-refractivity contribution in [1.29, 1.82) is 0 Å². The number of halogens is 2. The van der Waals surface area contributed by atoms with Crippen LogP contribution in [0.1, 0.15) is 10.5 Å². The number of hydrogen-bond acceptors (Lipinski definition) is 4. The van der Waals surface area contributed by atoms with Crippen LogP contribution in [-0.4, -0.2) is 22.6 Å². The van der Waals surface area contributed by atoms with Crippen molar-refractivity contribution in [3.05, 3.63) is 30.1 Å². The number of rotatable bonds is 3. The van der Waals surface area contributed by atoms with Crippen LogP contribution in [0, 0.1) is 0 Å². The van der Waals surface area contributed by atoms with Crippen LogP contribution in [0.25, 0.3) is 0 Å². The van der Waals surface area contributed by atoms with Gasteiger partial charge in [-0.3, -0.25) is 20.0 Å². The maximum Gasteiger partial charge on any atom is 0.388 e. The van der Waals surface area contributed by atoms with Gasteiger partial charge in [-0.15, -0.1) is 0 Å². The SMILES string of the molecule is NNC(=O)C(F)(F)C(=O)c1ccccn1. The summed E-state index contributed by atoms with van der Waals surface area (Å²) in [6.45, 7) is 0. The minimum atomic E-state index is -4.21. The number of Topliss-reactive ketones (excluding diaryl/α,β-unsaturated/α-hetero) is 1. The summed E-state index contributed by atoms with van der Waals surface area (Å²) in [5, 5.41) is 0. The fourth-order valence-electron chi connectivity index (χ4n) is 0.852. The largest absolute Gasteiger partial charge is 0.388 e. The van der Waals surface area contributed by atoms with E-state index in [2.05, 4.69) is 10.8 Å². The maximum absolute atomic E-state index is 13.0. The topological polar surface area (TPSA) is 85.1 Å². The van der Waals surface area contributed by atoms with Crippen LogP contribution in [0.5, 0.6) is 0 Å². The summed E-state index contributed by atoms with van der Waals surface area (Å²) in [4.78, 5) is 25.2. The van der Waals surface area contributed by atoms with E-state index in [1.54, 1.807) is 0 Å². The van der Waals surface area contributed by atoms with E-state index in [9.17, 15) is 18.4 Å². The fourth-order valence-corrected chi connectivity index (χ4v) is 0.852. The Morgan fingerprint density at radius 1 is 1.40 bits per heavy atom. The zero-order chi connectivity index (χ0) is 11.5. The molecule has 0 unspecified atom stereocenters. The van der Waals surface area contributed by atoms with Gasteiger partial charge in [-0.05, 0) is 12.1 Å². The van der Waals surface area contributed by atoms with Gasteiger partial charge in [0, 0.05) is 6.20 Å². The number of carbonyl (C=O) groups is 2. The van der Waals surface area contributed by atoms with Gasteiger partial charge in [-0.2, -0.15) is 8.78 Å². The molecule has 0 bridgehead atoms. The van der Waals surface area contributed by atoms with Crippen LogP contribution in [0.3, 0.4) is 0 Å². The predicted molar refractivity (Wildman–Crippen MR) is 45.8 cm³/mol. The molecule has 7 heteroatoms. The highest BCUT2D eigenvalue weighted by molar-refractivity contribution is 6.14. The number of alkyl halides is 2. The summed E-state index contributed by atoms with van der Waals surface area (Å²) in [5.41, 5.74) is 0.724. The molecule has 0 saturated carbocycles. The molecule has 0 saturated heterocycles. The van der Waals surface area contributed by atoms with Crippen molar-refractivity contribution < 1.29 is 18.4 Å². The molecule has 0 aliphatic rings. The summed E-state index contributed by atoms with van der Waals surface area (Å²) < 4.78 is 26.0. The molecule has 0 aliphatic heterocycles. The van der Waals surface area contributed by atoms with Gasteiger partial charge >= 0.3 is 11.8 Å². The number of carbonyl (C=O) groups excluding carboxylic acids is 2. The molecular formula is C8H7F2N3O2. The first kappa shape index (κ1) is 11.2. The summed E-state index contributed by atoms with van der Waals surface area (Å²) in [7, 11) is 0. The zero-order valence-electron chi connectivity index (χ0n) is 7.41. The van der Waals surface area contributed by atoms with Crippen LogP contribution in [0.2, 0.25) is 0 Å². The second kappa shape index (κ2) is 4.09. The van der Waals surface area contributed by atoms with Crippen molar-refractivity contribution in [1.82, 2.24) is 10.4 Å². The third kappa shape index (κ3) is 2.13. The Morgan fingerprint density at radius 3 is 2.53 bits per heavy atom. The smallest absolute Gasteiger partial charge is 0.289 e. The van der Waals surface area contributed by atoms with Gasteiger partial charge in [0.05, 0.1) is 0 Å². The van der Waals surface area contributed by atoms with E-state index < -0.39 is 23.3 Å². The Morgan fingerprint density at radius 2 is 2.07 bits per heavy atom. The average Bonchev–Trinajstić information content (AvgIpc) is 2.28. The van der Waals surface area contributed by atoms with E-state index in [4.69, 9.17) is 0 Å². The van der Waals surface area contributed by atoms with Crippen molar-refractivity contribution in [2.75, 3.05) is 0 Å². The van der Waals surface area contributed by atoms with Gasteiger partial charge in [-0.25, -0.2) is 5.84 Å². The van der Waals surface area contributed by atoms with Crippen LogP contribution in [0.4, 0.5) is 8.78 Å². The number of ketones is 1. The summed E-state index contributed by atoms with van der Waals surface area (Å²) in [6, 6.07) is 3.90. The minimum absolute atomic E-state index is 0.494. The van der Waals surface area contributed by atoms with Gasteiger partial charge in [0.2, 0.25) is 0 Å². The van der Waals surface area contributed by atoms with E-state index in [1.165, 1.54) is 23.8 Å². The first-order valence-corrected chi connectivity index (χ1v) is 3.85. The van der Waals surface area contributed by atoms with E-state index in [0.717, 1.165) is 6.07 Å². The van der Waals surface area contributed by atoms with Gasteiger partial charge in [0.15, 0.2) is 0 Å². The molecular weight excluding hydrogens is 208 g/mol. The molecule has 1 aromatic heterocycles. The Bertz CT molecular complexity index is 381. The van der Waals surface area contributed by atoms with E-state index in [1.807, 2.05) is 0 Å². The summed E-state index contributed by atoms with van der Waals surface area (Å²) >= 11 is 0. The molecule has 0 aliphatic carbocycles. The molecule has 0 fully saturated rings. The summed E-state index contributed by atoms with van der Waals surface area (Å²) in [5.74, 6) is -3.24. The number of nitrogens with zero attached hydrogens (tertiary/aromatic N) is 1. The molecule has 0 radical (unpaired) electrons. The van der Waals surface area contributed by atoms with Crippen molar-refractivity contribution >= 4 is 11.7 Å². The second-order valence-electron chi connectivity index (χ2n) is 2.59. The highest BCUT2D eigenvalue weighted by Crippen LogP contribution is 2.18. The van der Waals surface area contributed by atoms with Gasteiger partial charge in [0.25, 0.3) is 5.78 Å². The predicted octanol–water partition coefficient (Wildman–Crippen LogP) is -0.111. The van der Waals surface area contributed by atoms with Crippen LogP contribution in [0.15, 0.2) is 24.4 Å². The Balaban J connectivity index is 3.00. The number of hydrazine groups is 1. The van der Waals surface area contributed by atoms with Crippen LogP contribution >= 0.6 is 0 Å². The number of pyridine rings is 1. The lowest BCUT2D eigenvalue weighted by molar-refractivity contribution is -0.139. The number of nitrogens with two attached hydrogens (primary N) is 1. The number of aromatic nitrogens is 1. The van der Waals surface area contributed by atoms with Gasteiger partial charge < -0.3 is 0 Å². The molecule has 3 N–H and O–H groups in total. The van der Waals surface area contributed by atoms with Crippen molar-refractivity contribution in [2.45, 2.75) is 5.92 Å². The van der Waals surface area contributed by atoms with Crippen LogP contribution in [-0.2, 0) is 4.79 Å². The minimum Gasteiger partial charge on any atom is -0.289 e. The third-order valence-electron chi connectivity index (χ3n) is 1.60. The Kier molecular flexibility index (Phi) is 3.05. The lowest BCUT2D eigenvalue weighted by atomic mass is 10.1. The molecule has 80 valence electrons. The van der Waals surface area contributed by atoms with Crippen LogP contribution < -0.4 is 11.3 Å². The van der Waals surface area contributed by atoms with Gasteiger partial charge in [-0.1, -0.05) is 6.07 Å². The molecule has 1 rings (SSSR count). The van der Waals surface area contributed by atoms with Crippen molar-refractivity contribution in [2.24, 2.45) is 5.84 Å². The molecule has 1 aromatic rings. The highest BCUT2D eigenvalue weighted by Gasteiger charge is 2.47. The molecule has 0 spiro atoms. The first-order valence-electron chi connectivity index (χ1n) is 3.85. The first-order chi connectivity index (χ1) is 7.00. The molecule has 0 aromatic carbocycles. The quantitative estimate of drug-likeness (QED) is 0.242. The monoisotopic (exact) mass is 215 g/mol. The van der Waals surface area contributed by atoms with E-state index in [0.29, 0.717) is 0 Å². The highest BCUT2D eigenvalue weighted by atomic mass is 19.3. The summed E-state index contributed by atoms with van der Waals surface area (Å²) in [6.07, 6.45) is 1.17. The maximum atomic E-state index is 13.0. The number of nitrogens with one attached hydrogen (secondary N) is 1. The van der Waals surface area contributed by atoms with Crippen molar-refractivity contribution in [3.63, 3.8) is 0 Å². The standard InChI is InChI=1S/C8H7F2N3O2/c9-8(10,7(15)13-11)6(14)5-3-1-2-4-12-5/h1-4H,11H2,(H,13,15). The lowest BCUT2D eigenvalue weighted by Crippen LogP contribution is -2.48. The zero-order valence-corrected chi connectivity index (χ0v) is 7.41. The normalized spacial score (nSPS) is 10.9. The van der Waals surface area contributed by atoms with E-state index >= 15 is 0 Å². The molecule has 1 heterocycles. The Hall–Kier alpha value is -1.89. The molecule has 15 heavy (non-hydrogen) atoms. The number of amides is 1. The van der Waals surface area contributed by atoms with E-state index in [-0.39, 0.29) is 0 Å². The molecule has 5 nitrogen and oxygen atoms in total. The third-order valence-corrected chi connectivity index (χ3v) is 1.60. The van der Waals surface area contributed by atoms with Gasteiger partial charge in [0.1, 0.15) is 5.69 Å². The molecule has 0 atom stereocenters.